The Morgan fingerprint density at radius 3 is 2.81 bits per heavy atom. The Labute approximate surface area is 123 Å². The van der Waals surface area contributed by atoms with Crippen molar-refractivity contribution in [1.29, 1.82) is 0 Å². The lowest BCUT2D eigenvalue weighted by atomic mass is 10.2. The van der Waals surface area contributed by atoms with E-state index in [2.05, 4.69) is 5.32 Å². The highest BCUT2D eigenvalue weighted by Gasteiger charge is 2.29. The molecular weight excluding hydrogens is 275 g/mol. The van der Waals surface area contributed by atoms with Crippen LogP contribution in [0, 0.1) is 5.82 Å². The summed E-state index contributed by atoms with van der Waals surface area (Å²) in [6, 6.07) is 5.78. The third kappa shape index (κ3) is 4.68. The molecule has 0 radical (unpaired) electrons. The Kier molecular flexibility index (Phi) is 5.52. The molecule has 1 aromatic rings. The number of amides is 1. The van der Waals surface area contributed by atoms with Gasteiger partial charge in [0.05, 0.1) is 12.6 Å². The van der Waals surface area contributed by atoms with Gasteiger partial charge in [0.1, 0.15) is 23.8 Å². The van der Waals surface area contributed by atoms with Gasteiger partial charge >= 0.3 is 0 Å². The number of rotatable bonds is 6. The summed E-state index contributed by atoms with van der Waals surface area (Å²) >= 11 is 0. The first-order chi connectivity index (χ1) is 10.1. The second kappa shape index (κ2) is 7.38. The summed E-state index contributed by atoms with van der Waals surface area (Å²) in [6.07, 6.45) is 0.855. The molecule has 6 heteroatoms. The molecule has 0 saturated carbocycles. The number of ether oxygens (including phenoxy) is 2. The Balaban J connectivity index is 1.72. The summed E-state index contributed by atoms with van der Waals surface area (Å²) in [6.45, 7) is 2.64. The molecule has 2 rings (SSSR count). The number of nitrogens with one attached hydrogen (secondary N) is 1. The average Bonchev–Trinajstić information content (AvgIpc) is 2.96. The molecule has 1 heterocycles. The third-order valence-electron chi connectivity index (χ3n) is 3.38. The molecule has 0 aliphatic carbocycles. The third-order valence-corrected chi connectivity index (χ3v) is 3.38. The summed E-state index contributed by atoms with van der Waals surface area (Å²) < 4.78 is 23.9. The molecule has 1 aromatic carbocycles. The van der Waals surface area contributed by atoms with Gasteiger partial charge in [-0.15, -0.1) is 0 Å². The number of carbonyl (C=O) groups is 1. The lowest BCUT2D eigenvalue weighted by molar-refractivity contribution is -0.132. The maximum Gasteiger partial charge on any atom is 0.249 e. The highest BCUT2D eigenvalue weighted by atomic mass is 19.1. The lowest BCUT2D eigenvalue weighted by Crippen LogP contribution is -2.40. The van der Waals surface area contributed by atoms with Crippen LogP contribution >= 0.6 is 0 Å². The predicted molar refractivity (Wildman–Crippen MR) is 76.4 cm³/mol. The summed E-state index contributed by atoms with van der Waals surface area (Å²) in [4.78, 5) is 11.9. The summed E-state index contributed by atoms with van der Waals surface area (Å²) in [5.74, 6) is 0.120. The monoisotopic (exact) mass is 296 g/mol. The minimum atomic E-state index is -0.420. The zero-order valence-electron chi connectivity index (χ0n) is 12.0. The smallest absolute Gasteiger partial charge is 0.249 e. The SMILES string of the molecule is CC(CNC(=O)[C@@H]1CC[C@H](CN)O1)Oc1ccc(F)cc1. The van der Waals surface area contributed by atoms with Crippen LogP contribution in [0.4, 0.5) is 4.39 Å². The quantitative estimate of drug-likeness (QED) is 0.827. The Hall–Kier alpha value is -1.66. The summed E-state index contributed by atoms with van der Waals surface area (Å²) in [7, 11) is 0. The maximum absolute atomic E-state index is 12.8. The van der Waals surface area contributed by atoms with E-state index >= 15 is 0 Å². The van der Waals surface area contributed by atoms with E-state index in [9.17, 15) is 9.18 Å². The van der Waals surface area contributed by atoms with Gasteiger partial charge in [0.25, 0.3) is 0 Å². The molecule has 116 valence electrons. The van der Waals surface area contributed by atoms with Crippen LogP contribution in [0.25, 0.3) is 0 Å². The lowest BCUT2D eigenvalue weighted by Gasteiger charge is -2.17. The molecule has 1 aliphatic heterocycles. The molecule has 1 fully saturated rings. The molecule has 0 bridgehead atoms. The van der Waals surface area contributed by atoms with E-state index in [4.69, 9.17) is 15.2 Å². The maximum atomic E-state index is 12.8. The molecule has 0 spiro atoms. The first-order valence-electron chi connectivity index (χ1n) is 7.14. The van der Waals surface area contributed by atoms with Crippen LogP contribution in [0.1, 0.15) is 19.8 Å². The van der Waals surface area contributed by atoms with Crippen molar-refractivity contribution in [3.8, 4) is 5.75 Å². The van der Waals surface area contributed by atoms with Crippen LogP contribution in [0.2, 0.25) is 0 Å². The molecule has 3 N–H and O–H groups in total. The van der Waals surface area contributed by atoms with Crippen molar-refractivity contribution in [2.24, 2.45) is 5.73 Å². The van der Waals surface area contributed by atoms with Crippen molar-refractivity contribution >= 4 is 5.91 Å². The van der Waals surface area contributed by atoms with Gasteiger partial charge in [0.15, 0.2) is 0 Å². The van der Waals surface area contributed by atoms with Gasteiger partial charge < -0.3 is 20.5 Å². The summed E-state index contributed by atoms with van der Waals surface area (Å²) in [5, 5.41) is 2.80. The van der Waals surface area contributed by atoms with E-state index in [1.807, 2.05) is 6.92 Å². The van der Waals surface area contributed by atoms with E-state index < -0.39 is 6.10 Å². The molecule has 21 heavy (non-hydrogen) atoms. The molecular formula is C15H21FN2O3. The fourth-order valence-electron chi connectivity index (χ4n) is 2.22. The molecule has 0 aromatic heterocycles. The molecule has 1 unspecified atom stereocenters. The Morgan fingerprint density at radius 1 is 1.48 bits per heavy atom. The van der Waals surface area contributed by atoms with E-state index in [-0.39, 0.29) is 23.9 Å². The highest BCUT2D eigenvalue weighted by Crippen LogP contribution is 2.19. The average molecular weight is 296 g/mol. The number of halogens is 1. The first-order valence-corrected chi connectivity index (χ1v) is 7.14. The van der Waals surface area contributed by atoms with E-state index in [1.54, 1.807) is 12.1 Å². The first kappa shape index (κ1) is 15.7. The van der Waals surface area contributed by atoms with Gasteiger partial charge in [-0.25, -0.2) is 4.39 Å². The molecule has 5 nitrogen and oxygen atoms in total. The number of nitrogens with two attached hydrogens (primary N) is 1. The predicted octanol–water partition coefficient (Wildman–Crippen LogP) is 1.22. The molecule has 1 aliphatic rings. The number of benzene rings is 1. The van der Waals surface area contributed by atoms with Crippen molar-refractivity contribution in [2.45, 2.75) is 38.1 Å². The second-order valence-corrected chi connectivity index (χ2v) is 5.19. The topological polar surface area (TPSA) is 73.6 Å². The minimum Gasteiger partial charge on any atom is -0.489 e. The number of hydrogen-bond donors (Lipinski definition) is 2. The van der Waals surface area contributed by atoms with Crippen LogP contribution in [0.15, 0.2) is 24.3 Å². The second-order valence-electron chi connectivity index (χ2n) is 5.19. The van der Waals surface area contributed by atoms with Crippen LogP contribution in [0.3, 0.4) is 0 Å². The van der Waals surface area contributed by atoms with Gasteiger partial charge in [-0.3, -0.25) is 4.79 Å². The van der Waals surface area contributed by atoms with Crippen LogP contribution in [0.5, 0.6) is 5.75 Å². The number of carbonyl (C=O) groups excluding carboxylic acids is 1. The minimum absolute atomic E-state index is 0.0198. The van der Waals surface area contributed by atoms with Crippen LogP contribution in [-0.2, 0) is 9.53 Å². The Bertz CT molecular complexity index is 466. The molecule has 3 atom stereocenters. The van der Waals surface area contributed by atoms with Crippen molar-refractivity contribution in [1.82, 2.24) is 5.32 Å². The van der Waals surface area contributed by atoms with Gasteiger partial charge in [-0.05, 0) is 44.0 Å². The van der Waals surface area contributed by atoms with Crippen molar-refractivity contribution in [3.05, 3.63) is 30.1 Å². The summed E-state index contributed by atoms with van der Waals surface area (Å²) in [5.41, 5.74) is 5.51. The van der Waals surface area contributed by atoms with Gasteiger partial charge in [-0.1, -0.05) is 0 Å². The normalized spacial score (nSPS) is 22.8. The molecule has 1 amide bonds. The van der Waals surface area contributed by atoms with Crippen LogP contribution < -0.4 is 15.8 Å². The fourth-order valence-corrected chi connectivity index (χ4v) is 2.22. The fraction of sp³-hybridized carbons (Fsp3) is 0.533. The highest BCUT2D eigenvalue weighted by molar-refractivity contribution is 5.81. The van der Waals surface area contributed by atoms with E-state index in [1.165, 1.54) is 12.1 Å². The van der Waals surface area contributed by atoms with Crippen LogP contribution in [-0.4, -0.2) is 37.3 Å². The van der Waals surface area contributed by atoms with E-state index in [0.29, 0.717) is 25.3 Å². The van der Waals surface area contributed by atoms with Gasteiger partial charge in [0.2, 0.25) is 5.91 Å². The van der Waals surface area contributed by atoms with E-state index in [0.717, 1.165) is 6.42 Å². The van der Waals surface area contributed by atoms with Crippen molar-refractivity contribution < 1.29 is 18.7 Å². The van der Waals surface area contributed by atoms with Gasteiger partial charge in [0, 0.05) is 6.54 Å². The van der Waals surface area contributed by atoms with Crippen molar-refractivity contribution in [3.63, 3.8) is 0 Å². The zero-order valence-corrected chi connectivity index (χ0v) is 12.0. The Morgan fingerprint density at radius 2 is 2.19 bits per heavy atom. The number of hydrogen-bond acceptors (Lipinski definition) is 4. The standard InChI is InChI=1S/C15H21FN2O3/c1-10(20-12-4-2-11(16)3-5-12)9-18-15(19)14-7-6-13(8-17)21-14/h2-5,10,13-14H,6-9,17H2,1H3,(H,18,19)/t10?,13-,14+/m1/s1. The zero-order chi connectivity index (χ0) is 15.2. The largest absolute Gasteiger partial charge is 0.489 e. The van der Waals surface area contributed by atoms with Gasteiger partial charge in [-0.2, -0.15) is 0 Å². The van der Waals surface area contributed by atoms with Crippen molar-refractivity contribution in [2.75, 3.05) is 13.1 Å². The molecule has 1 saturated heterocycles.